The number of hydrogen-bond donors (Lipinski definition) is 1. The molecule has 5 atom stereocenters. The van der Waals surface area contributed by atoms with Gasteiger partial charge in [0.25, 0.3) is 0 Å². The first-order chi connectivity index (χ1) is 12.2. The first-order valence-electron chi connectivity index (χ1n) is 9.89. The zero-order valence-electron chi connectivity index (χ0n) is 16.1. The van der Waals surface area contributed by atoms with Crippen LogP contribution in [0.3, 0.4) is 0 Å². The molecule has 1 heterocycles. The number of esters is 2. The minimum atomic E-state index is -0.537. The maximum atomic E-state index is 12.2. The highest BCUT2D eigenvalue weighted by molar-refractivity contribution is 5.84. The van der Waals surface area contributed by atoms with Crippen molar-refractivity contribution < 1.29 is 23.9 Å². The van der Waals surface area contributed by atoms with Gasteiger partial charge in [0.1, 0.15) is 18.0 Å². The van der Waals surface area contributed by atoms with Gasteiger partial charge in [-0.25, -0.2) is 0 Å². The summed E-state index contributed by atoms with van der Waals surface area (Å²) in [6, 6.07) is 0. The average molecular weight is 365 g/mol. The molecule has 0 aromatic carbocycles. The highest BCUT2D eigenvalue weighted by Gasteiger charge is 2.70. The number of nitrogens with two attached hydrogens (primary N) is 1. The van der Waals surface area contributed by atoms with Crippen molar-refractivity contribution in [2.75, 3.05) is 6.54 Å². The van der Waals surface area contributed by atoms with Crippen molar-refractivity contribution in [3.05, 3.63) is 0 Å². The molecule has 6 heteroatoms. The lowest BCUT2D eigenvalue weighted by Gasteiger charge is -2.30. The number of hydrogen-bond acceptors (Lipinski definition) is 6. The number of ketones is 1. The van der Waals surface area contributed by atoms with Crippen LogP contribution in [0.2, 0.25) is 0 Å². The highest BCUT2D eigenvalue weighted by atomic mass is 16.6. The minimum absolute atomic E-state index is 0.0942. The van der Waals surface area contributed by atoms with Crippen LogP contribution in [-0.4, -0.2) is 36.5 Å². The second-order valence-corrected chi connectivity index (χ2v) is 8.86. The summed E-state index contributed by atoms with van der Waals surface area (Å²) >= 11 is 0. The first kappa shape index (κ1) is 19.3. The molecule has 1 aliphatic heterocycles. The predicted octanol–water partition coefficient (Wildman–Crippen LogP) is 2.37. The number of rotatable bonds is 9. The van der Waals surface area contributed by atoms with Gasteiger partial charge in [0.15, 0.2) is 0 Å². The van der Waals surface area contributed by atoms with Gasteiger partial charge < -0.3 is 15.2 Å². The Balaban J connectivity index is 1.43. The van der Waals surface area contributed by atoms with E-state index in [1.165, 1.54) is 0 Å². The van der Waals surface area contributed by atoms with Crippen molar-refractivity contribution in [1.82, 2.24) is 0 Å². The molecule has 26 heavy (non-hydrogen) atoms. The molecule has 0 aromatic rings. The smallest absolute Gasteiger partial charge is 0.314 e. The van der Waals surface area contributed by atoms with Crippen molar-refractivity contribution in [3.63, 3.8) is 0 Å². The van der Waals surface area contributed by atoms with Crippen LogP contribution in [0, 0.1) is 22.7 Å². The summed E-state index contributed by atoms with van der Waals surface area (Å²) in [7, 11) is 0. The Morgan fingerprint density at radius 3 is 2.65 bits per heavy atom. The summed E-state index contributed by atoms with van der Waals surface area (Å²) < 4.78 is 11.2. The molecule has 0 aromatic heterocycles. The van der Waals surface area contributed by atoms with Crippen molar-refractivity contribution in [2.45, 2.75) is 77.9 Å². The standard InChI is InChI=1S/C20H31NO5/c1-4-19(2,3)14(22)7-5-6-8-15(23)25-16-12-9-13-17(16)26-18(24)20(13,10-12)11-21/h12-13,16-17H,4-11,21H2,1-3H3. The van der Waals surface area contributed by atoms with Crippen LogP contribution in [-0.2, 0) is 23.9 Å². The molecule has 0 amide bonds. The normalized spacial score (nSPS) is 34.8. The molecule has 3 rings (SSSR count). The van der Waals surface area contributed by atoms with E-state index in [2.05, 4.69) is 0 Å². The van der Waals surface area contributed by atoms with E-state index >= 15 is 0 Å². The predicted molar refractivity (Wildman–Crippen MR) is 95.0 cm³/mol. The second kappa shape index (κ2) is 6.95. The highest BCUT2D eigenvalue weighted by Crippen LogP contribution is 2.62. The molecule has 0 spiro atoms. The van der Waals surface area contributed by atoms with Gasteiger partial charge in [0.2, 0.25) is 0 Å². The molecule has 5 unspecified atom stereocenters. The third kappa shape index (κ3) is 3.06. The van der Waals surface area contributed by atoms with E-state index in [0.717, 1.165) is 12.8 Å². The van der Waals surface area contributed by atoms with Gasteiger partial charge >= 0.3 is 11.9 Å². The summed E-state index contributed by atoms with van der Waals surface area (Å²) in [5.74, 6) is 0.0455. The van der Waals surface area contributed by atoms with Crippen LogP contribution in [0.15, 0.2) is 0 Å². The van der Waals surface area contributed by atoms with Gasteiger partial charge in [-0.15, -0.1) is 0 Å². The molecule has 2 aliphatic carbocycles. The van der Waals surface area contributed by atoms with E-state index in [9.17, 15) is 14.4 Å². The molecular weight excluding hydrogens is 334 g/mol. The number of carbonyl (C=O) groups excluding carboxylic acids is 3. The third-order valence-electron chi connectivity index (χ3n) is 7.03. The lowest BCUT2D eigenvalue weighted by molar-refractivity contribution is -0.162. The van der Waals surface area contributed by atoms with Crippen LogP contribution < -0.4 is 5.73 Å². The van der Waals surface area contributed by atoms with Gasteiger partial charge in [-0.2, -0.15) is 0 Å². The zero-order chi connectivity index (χ0) is 19.1. The zero-order valence-corrected chi connectivity index (χ0v) is 16.1. The van der Waals surface area contributed by atoms with Gasteiger partial charge in [-0.1, -0.05) is 20.8 Å². The summed E-state index contributed by atoms with van der Waals surface area (Å²) in [6.07, 6.45) is 3.85. The first-order valence-corrected chi connectivity index (χ1v) is 9.89. The molecule has 6 nitrogen and oxygen atoms in total. The Labute approximate surface area is 155 Å². The van der Waals surface area contributed by atoms with E-state index in [1.807, 2.05) is 20.8 Å². The van der Waals surface area contributed by atoms with Gasteiger partial charge in [-0.3, -0.25) is 14.4 Å². The molecule has 3 aliphatic rings. The number of unbranched alkanes of at least 4 members (excludes halogenated alkanes) is 1. The van der Waals surface area contributed by atoms with Crippen LogP contribution in [0.5, 0.6) is 0 Å². The van der Waals surface area contributed by atoms with Crippen molar-refractivity contribution in [3.8, 4) is 0 Å². The lowest BCUT2D eigenvalue weighted by atomic mass is 9.73. The quantitative estimate of drug-likeness (QED) is 0.498. The summed E-state index contributed by atoms with van der Waals surface area (Å²) in [6.45, 7) is 6.25. The second-order valence-electron chi connectivity index (χ2n) is 8.86. The topological polar surface area (TPSA) is 95.7 Å². The Morgan fingerprint density at radius 1 is 1.31 bits per heavy atom. The SMILES string of the molecule is CCC(C)(C)C(=O)CCCCC(=O)OC1C2CC3C1OC(=O)C3(CN)C2. The van der Waals surface area contributed by atoms with Crippen LogP contribution >= 0.6 is 0 Å². The average Bonchev–Trinajstić information content (AvgIpc) is 3.20. The molecular formula is C20H31NO5. The number of carbonyl (C=O) groups is 3. The molecule has 2 saturated carbocycles. The fraction of sp³-hybridized carbons (Fsp3) is 0.850. The Kier molecular flexibility index (Phi) is 5.17. The van der Waals surface area contributed by atoms with Gasteiger partial charge in [-0.05, 0) is 32.1 Å². The van der Waals surface area contributed by atoms with Gasteiger partial charge in [0, 0.05) is 36.6 Å². The molecule has 2 N–H and O–H groups in total. The Morgan fingerprint density at radius 2 is 2.00 bits per heavy atom. The van der Waals surface area contributed by atoms with Crippen LogP contribution in [0.1, 0.15) is 65.7 Å². The molecule has 3 fully saturated rings. The minimum Gasteiger partial charge on any atom is -0.458 e. The van der Waals surface area contributed by atoms with E-state index in [1.54, 1.807) is 0 Å². The summed E-state index contributed by atoms with van der Waals surface area (Å²) in [4.78, 5) is 36.5. The summed E-state index contributed by atoms with van der Waals surface area (Å²) in [5, 5.41) is 0. The van der Waals surface area contributed by atoms with E-state index in [0.29, 0.717) is 38.6 Å². The fourth-order valence-electron chi connectivity index (χ4n) is 4.86. The number of ether oxygens (including phenoxy) is 2. The van der Waals surface area contributed by atoms with Crippen molar-refractivity contribution >= 4 is 17.7 Å². The largest absolute Gasteiger partial charge is 0.458 e. The fourth-order valence-corrected chi connectivity index (χ4v) is 4.86. The van der Waals surface area contributed by atoms with Crippen LogP contribution in [0.25, 0.3) is 0 Å². The molecule has 0 radical (unpaired) electrons. The molecule has 1 saturated heterocycles. The monoisotopic (exact) mass is 365 g/mol. The van der Waals surface area contributed by atoms with Crippen LogP contribution in [0.4, 0.5) is 0 Å². The molecule has 146 valence electrons. The van der Waals surface area contributed by atoms with Crippen molar-refractivity contribution in [1.29, 1.82) is 0 Å². The van der Waals surface area contributed by atoms with Crippen molar-refractivity contribution in [2.24, 2.45) is 28.4 Å². The Bertz CT molecular complexity index is 601. The van der Waals surface area contributed by atoms with E-state index < -0.39 is 5.41 Å². The lowest BCUT2D eigenvalue weighted by Crippen LogP contribution is -2.44. The number of fused-ring (bicyclic) bond motifs is 1. The Hall–Kier alpha value is -1.43. The summed E-state index contributed by atoms with van der Waals surface area (Å²) in [5.41, 5.74) is 5.02. The van der Waals surface area contributed by atoms with E-state index in [-0.39, 0.29) is 47.2 Å². The molecule has 2 bridgehead atoms. The van der Waals surface area contributed by atoms with E-state index in [4.69, 9.17) is 15.2 Å². The maximum absolute atomic E-state index is 12.2. The third-order valence-corrected chi connectivity index (χ3v) is 7.03. The maximum Gasteiger partial charge on any atom is 0.314 e. The van der Waals surface area contributed by atoms with Gasteiger partial charge in [0.05, 0.1) is 5.41 Å². The number of Topliss-reactive ketones (excluding diaryl/α,β-unsaturated/α-hetero) is 1.